The van der Waals surface area contributed by atoms with Gasteiger partial charge in [-0.05, 0) is 54.4 Å². The molecule has 0 aromatic heterocycles. The molecule has 0 bridgehead atoms. The van der Waals surface area contributed by atoms with E-state index in [0.29, 0.717) is 12.8 Å². The maximum absolute atomic E-state index is 11.5. The second-order valence-corrected chi connectivity index (χ2v) is 5.89. The van der Waals surface area contributed by atoms with Crippen LogP contribution < -0.4 is 0 Å². The van der Waals surface area contributed by atoms with Gasteiger partial charge in [0.05, 0.1) is 6.04 Å². The Labute approximate surface area is 132 Å². The molecule has 120 valence electrons. The number of benzene rings is 1. The van der Waals surface area contributed by atoms with Crippen LogP contribution in [-0.4, -0.2) is 28.4 Å². The number of rotatable bonds is 6. The molecule has 1 heterocycles. The number of aliphatic carboxylic acids is 1. The van der Waals surface area contributed by atoms with Crippen molar-refractivity contribution in [2.75, 3.05) is 0 Å². The first-order valence-electron chi connectivity index (χ1n) is 8.17. The second-order valence-electron chi connectivity index (χ2n) is 5.89. The van der Waals surface area contributed by atoms with E-state index in [1.807, 2.05) is 0 Å². The van der Waals surface area contributed by atoms with Gasteiger partial charge < -0.3 is 10.0 Å². The van der Waals surface area contributed by atoms with Crippen LogP contribution >= 0.6 is 0 Å². The fraction of sp³-hybridized carbons (Fsp3) is 0.556. The van der Waals surface area contributed by atoms with Crippen LogP contribution in [-0.2, 0) is 28.9 Å². The summed E-state index contributed by atoms with van der Waals surface area (Å²) in [6.07, 6.45) is 4.75. The molecule has 1 aliphatic heterocycles. The molecule has 1 N–H and O–H groups in total. The Hall–Kier alpha value is -1.84. The Morgan fingerprint density at radius 1 is 1.18 bits per heavy atom. The van der Waals surface area contributed by atoms with Gasteiger partial charge in [-0.1, -0.05) is 32.9 Å². The topological polar surface area (TPSA) is 57.6 Å². The maximum atomic E-state index is 11.5. The predicted molar refractivity (Wildman–Crippen MR) is 85.9 cm³/mol. The molecule has 0 aliphatic carbocycles. The molecular formula is C18H25NO3. The number of hydrogen-bond acceptors (Lipinski definition) is 2. The average molecular weight is 303 g/mol. The Morgan fingerprint density at radius 2 is 1.77 bits per heavy atom. The number of hydrogen-bond donors (Lipinski definition) is 1. The highest BCUT2D eigenvalue weighted by Gasteiger charge is 2.39. The van der Waals surface area contributed by atoms with Gasteiger partial charge in [0.15, 0.2) is 0 Å². The number of likely N-dealkylation sites (tertiary alicyclic amines) is 1. The lowest BCUT2D eigenvalue weighted by Crippen LogP contribution is -2.36. The molecule has 1 fully saturated rings. The molecule has 4 nitrogen and oxygen atoms in total. The summed E-state index contributed by atoms with van der Waals surface area (Å²) in [5.74, 6) is -0.907. The Kier molecular flexibility index (Phi) is 5.22. The molecule has 2 atom stereocenters. The van der Waals surface area contributed by atoms with Gasteiger partial charge in [0.2, 0.25) is 6.41 Å². The highest BCUT2D eigenvalue weighted by molar-refractivity contribution is 5.77. The zero-order valence-corrected chi connectivity index (χ0v) is 13.6. The average Bonchev–Trinajstić information content (AvgIpc) is 2.96. The Morgan fingerprint density at radius 3 is 2.18 bits per heavy atom. The molecular weight excluding hydrogens is 278 g/mol. The van der Waals surface area contributed by atoms with Crippen molar-refractivity contribution in [3.05, 3.63) is 34.4 Å². The first-order valence-corrected chi connectivity index (χ1v) is 8.17. The lowest BCUT2D eigenvalue weighted by atomic mass is 9.88. The van der Waals surface area contributed by atoms with Crippen LogP contribution in [0.5, 0.6) is 0 Å². The SMILES string of the molecule is CCc1cc(CC)c([C@@H]2CC[C@H](C(=O)O)N2C=O)c(CC)c1. The summed E-state index contributed by atoms with van der Waals surface area (Å²) >= 11 is 0. The van der Waals surface area contributed by atoms with Gasteiger partial charge in [0.25, 0.3) is 0 Å². The van der Waals surface area contributed by atoms with E-state index in [1.54, 1.807) is 0 Å². The normalized spacial score (nSPS) is 21.1. The van der Waals surface area contributed by atoms with Crippen LogP contribution in [0, 0.1) is 0 Å². The van der Waals surface area contributed by atoms with Gasteiger partial charge in [-0.2, -0.15) is 0 Å². The molecule has 4 heteroatoms. The van der Waals surface area contributed by atoms with Crippen molar-refractivity contribution >= 4 is 12.4 Å². The molecule has 1 aromatic carbocycles. The lowest BCUT2D eigenvalue weighted by molar-refractivity contribution is -0.145. The molecule has 1 aromatic rings. The van der Waals surface area contributed by atoms with E-state index in [9.17, 15) is 14.7 Å². The number of carboxylic acid groups (broad SMARTS) is 1. The Bertz CT molecular complexity index is 542. The second kappa shape index (κ2) is 6.95. The van der Waals surface area contributed by atoms with Crippen molar-refractivity contribution in [3.63, 3.8) is 0 Å². The summed E-state index contributed by atoms with van der Waals surface area (Å²) in [5, 5.41) is 9.31. The first kappa shape index (κ1) is 16.5. The van der Waals surface area contributed by atoms with Gasteiger partial charge in [-0.15, -0.1) is 0 Å². The number of carbonyl (C=O) groups is 2. The third kappa shape index (κ3) is 2.87. The van der Waals surface area contributed by atoms with Gasteiger partial charge in [-0.3, -0.25) is 4.79 Å². The van der Waals surface area contributed by atoms with E-state index < -0.39 is 12.0 Å². The lowest BCUT2D eigenvalue weighted by Gasteiger charge is -2.28. The largest absolute Gasteiger partial charge is 0.480 e. The van der Waals surface area contributed by atoms with Crippen LogP contribution in [0.25, 0.3) is 0 Å². The number of carbonyl (C=O) groups excluding carboxylic acids is 1. The Balaban J connectivity index is 2.51. The zero-order chi connectivity index (χ0) is 16.3. The van der Waals surface area contributed by atoms with E-state index in [1.165, 1.54) is 27.2 Å². The van der Waals surface area contributed by atoms with Crippen molar-refractivity contribution in [3.8, 4) is 0 Å². The highest BCUT2D eigenvalue weighted by Crippen LogP contribution is 2.39. The molecule has 22 heavy (non-hydrogen) atoms. The summed E-state index contributed by atoms with van der Waals surface area (Å²) in [5.41, 5.74) is 4.99. The van der Waals surface area contributed by atoms with Crippen LogP contribution in [0.2, 0.25) is 0 Å². The molecule has 0 unspecified atom stereocenters. The predicted octanol–water partition coefficient (Wildman–Crippen LogP) is 3.12. The van der Waals surface area contributed by atoms with E-state index >= 15 is 0 Å². The van der Waals surface area contributed by atoms with E-state index in [4.69, 9.17) is 0 Å². The number of aryl methyl sites for hydroxylation is 3. The van der Waals surface area contributed by atoms with Gasteiger partial charge in [0.1, 0.15) is 6.04 Å². The zero-order valence-electron chi connectivity index (χ0n) is 13.6. The van der Waals surface area contributed by atoms with Gasteiger partial charge in [-0.25, -0.2) is 4.79 Å². The standard InChI is InChI=1S/C18H25NO3/c1-4-12-9-13(5-2)17(14(6-3)10-12)15-7-8-16(18(21)22)19(15)11-20/h9-11,15-16H,4-8H2,1-3H3,(H,21,22)/t15-,16+/m0/s1. The summed E-state index contributed by atoms with van der Waals surface area (Å²) in [6.45, 7) is 6.38. The van der Waals surface area contributed by atoms with Crippen molar-refractivity contribution in [2.45, 2.75) is 65.0 Å². The minimum Gasteiger partial charge on any atom is -0.480 e. The van der Waals surface area contributed by atoms with Crippen molar-refractivity contribution < 1.29 is 14.7 Å². The third-order valence-corrected chi connectivity index (χ3v) is 4.75. The molecule has 0 spiro atoms. The summed E-state index contributed by atoms with van der Waals surface area (Å²) in [6, 6.07) is 3.63. The molecule has 2 rings (SSSR count). The fourth-order valence-electron chi connectivity index (χ4n) is 3.59. The molecule has 1 saturated heterocycles. The molecule has 1 amide bonds. The van der Waals surface area contributed by atoms with E-state index in [0.717, 1.165) is 25.7 Å². The minimum atomic E-state index is -0.907. The first-order chi connectivity index (χ1) is 10.6. The van der Waals surface area contributed by atoms with Gasteiger partial charge in [0, 0.05) is 0 Å². The van der Waals surface area contributed by atoms with Crippen molar-refractivity contribution in [1.29, 1.82) is 0 Å². The van der Waals surface area contributed by atoms with E-state index in [-0.39, 0.29) is 6.04 Å². The monoisotopic (exact) mass is 303 g/mol. The minimum absolute atomic E-state index is 0.102. The van der Waals surface area contributed by atoms with Crippen LogP contribution in [0.3, 0.4) is 0 Å². The van der Waals surface area contributed by atoms with E-state index in [2.05, 4.69) is 32.9 Å². The molecule has 1 aliphatic rings. The number of carboxylic acids is 1. The van der Waals surface area contributed by atoms with Crippen LogP contribution in [0.15, 0.2) is 12.1 Å². The van der Waals surface area contributed by atoms with Crippen LogP contribution in [0.4, 0.5) is 0 Å². The summed E-state index contributed by atoms with van der Waals surface area (Å²) in [7, 11) is 0. The molecule has 0 saturated carbocycles. The van der Waals surface area contributed by atoms with Crippen molar-refractivity contribution in [2.24, 2.45) is 0 Å². The summed E-state index contributed by atoms with van der Waals surface area (Å²) < 4.78 is 0. The van der Waals surface area contributed by atoms with Crippen LogP contribution in [0.1, 0.15) is 61.9 Å². The highest BCUT2D eigenvalue weighted by atomic mass is 16.4. The number of amides is 1. The maximum Gasteiger partial charge on any atom is 0.326 e. The fourth-order valence-corrected chi connectivity index (χ4v) is 3.59. The smallest absolute Gasteiger partial charge is 0.326 e. The summed E-state index contributed by atoms with van der Waals surface area (Å²) in [4.78, 5) is 24.3. The molecule has 0 radical (unpaired) electrons. The van der Waals surface area contributed by atoms with Gasteiger partial charge >= 0.3 is 5.97 Å². The number of nitrogens with zero attached hydrogens (tertiary/aromatic N) is 1. The van der Waals surface area contributed by atoms with Crippen molar-refractivity contribution in [1.82, 2.24) is 4.90 Å². The quantitative estimate of drug-likeness (QED) is 0.821. The third-order valence-electron chi connectivity index (χ3n) is 4.75.